The predicted molar refractivity (Wildman–Crippen MR) is 115 cm³/mol. The lowest BCUT2D eigenvalue weighted by molar-refractivity contribution is -0.141. The molecule has 0 amide bonds. The Morgan fingerprint density at radius 1 is 1.10 bits per heavy atom. The van der Waals surface area contributed by atoms with E-state index in [2.05, 4.69) is 26.0 Å². The van der Waals surface area contributed by atoms with Crippen LogP contribution in [0.2, 0.25) is 0 Å². The van der Waals surface area contributed by atoms with E-state index in [1.54, 1.807) is 6.92 Å². The van der Waals surface area contributed by atoms with Crippen LogP contribution in [0.3, 0.4) is 0 Å². The van der Waals surface area contributed by atoms with Crippen LogP contribution in [0.4, 0.5) is 0 Å². The van der Waals surface area contributed by atoms with E-state index in [9.17, 15) is 9.59 Å². The Bertz CT molecular complexity index is 490. The minimum atomic E-state index is -1.05. The molecule has 0 heterocycles. The van der Waals surface area contributed by atoms with Gasteiger partial charge in [0, 0.05) is 6.61 Å². The largest absolute Gasteiger partial charge is 0.481 e. The Hall–Kier alpha value is -1.40. The maximum atomic E-state index is 9.93. The van der Waals surface area contributed by atoms with Crippen molar-refractivity contribution < 1.29 is 30.0 Å². The third-order valence-electron chi connectivity index (χ3n) is 6.14. The van der Waals surface area contributed by atoms with Crippen LogP contribution in [0, 0.1) is 29.6 Å². The molecule has 6 unspecified atom stereocenters. The number of aliphatic carboxylic acids is 2. The number of hydrogen-bond donors (Lipinski definition) is 4. The van der Waals surface area contributed by atoms with Gasteiger partial charge in [0.25, 0.3) is 0 Å². The molecule has 0 spiro atoms. The lowest BCUT2D eigenvalue weighted by Gasteiger charge is -2.41. The predicted octanol–water partition coefficient (Wildman–Crippen LogP) is 4.35. The summed E-state index contributed by atoms with van der Waals surface area (Å²) in [6, 6.07) is 0. The normalized spacial score (nSPS) is 27.2. The Morgan fingerprint density at radius 3 is 2.17 bits per heavy atom. The van der Waals surface area contributed by atoms with Gasteiger partial charge < -0.3 is 20.4 Å². The summed E-state index contributed by atoms with van der Waals surface area (Å²) in [6.45, 7) is 8.15. The maximum Gasteiger partial charge on any atom is 0.306 e. The van der Waals surface area contributed by atoms with Gasteiger partial charge in [-0.1, -0.05) is 59.1 Å². The summed E-state index contributed by atoms with van der Waals surface area (Å²) in [7, 11) is 0. The van der Waals surface area contributed by atoms with Crippen LogP contribution in [0.1, 0.15) is 79.1 Å². The minimum absolute atomic E-state index is 0.131. The molecule has 4 N–H and O–H groups in total. The van der Waals surface area contributed by atoms with Gasteiger partial charge in [-0.05, 0) is 49.4 Å². The monoisotopic (exact) mass is 414 g/mol. The Balaban J connectivity index is 0.000000433. The molecule has 0 aromatic heterocycles. The highest BCUT2D eigenvalue weighted by molar-refractivity contribution is 5.69. The van der Waals surface area contributed by atoms with E-state index in [-0.39, 0.29) is 25.4 Å². The number of aliphatic hydroxyl groups is 2. The Labute approximate surface area is 176 Å². The fourth-order valence-corrected chi connectivity index (χ4v) is 4.11. The minimum Gasteiger partial charge on any atom is -0.481 e. The molecule has 2 rings (SSSR count). The molecule has 6 nitrogen and oxygen atoms in total. The second kappa shape index (κ2) is 15.4. The number of aliphatic hydroxyl groups excluding tert-OH is 2. The highest BCUT2D eigenvalue weighted by atomic mass is 16.4. The molecule has 6 heteroatoms. The van der Waals surface area contributed by atoms with Crippen LogP contribution in [-0.4, -0.2) is 45.1 Å². The zero-order valence-corrected chi connectivity index (χ0v) is 18.6. The average molecular weight is 415 g/mol. The number of hydrogen-bond acceptors (Lipinski definition) is 4. The maximum absolute atomic E-state index is 9.93. The number of fused-ring (bicyclic) bond motifs is 1. The number of allylic oxidation sites excluding steroid dienone is 2. The molecule has 0 aliphatic heterocycles. The first-order valence-electron chi connectivity index (χ1n) is 11.1. The third kappa shape index (κ3) is 11.4. The van der Waals surface area contributed by atoms with E-state index in [4.69, 9.17) is 20.4 Å². The van der Waals surface area contributed by atoms with Crippen LogP contribution in [0.25, 0.3) is 0 Å². The molecule has 6 atom stereocenters. The number of rotatable bonds is 7. The summed E-state index contributed by atoms with van der Waals surface area (Å²) < 4.78 is 0. The van der Waals surface area contributed by atoms with Crippen molar-refractivity contribution in [2.45, 2.75) is 85.2 Å². The molecule has 0 bridgehead atoms. The van der Waals surface area contributed by atoms with Gasteiger partial charge in [-0.15, -0.1) is 0 Å². The fourth-order valence-electron chi connectivity index (χ4n) is 4.11. The van der Waals surface area contributed by atoms with Crippen molar-refractivity contribution in [2.75, 3.05) is 6.61 Å². The molecule has 2 aliphatic carbocycles. The van der Waals surface area contributed by atoms with Crippen molar-refractivity contribution in [1.82, 2.24) is 0 Å². The first-order valence-corrected chi connectivity index (χ1v) is 11.1. The van der Waals surface area contributed by atoms with E-state index in [1.165, 1.54) is 32.1 Å². The summed E-state index contributed by atoms with van der Waals surface area (Å²) in [5.74, 6) is 1.85. The van der Waals surface area contributed by atoms with Crippen molar-refractivity contribution in [3.8, 4) is 0 Å². The van der Waals surface area contributed by atoms with Crippen molar-refractivity contribution in [3.05, 3.63) is 12.2 Å². The molecule has 0 aromatic rings. The van der Waals surface area contributed by atoms with Crippen LogP contribution < -0.4 is 0 Å². The summed E-state index contributed by atoms with van der Waals surface area (Å²) >= 11 is 0. The van der Waals surface area contributed by atoms with Crippen LogP contribution in [0.15, 0.2) is 12.2 Å². The van der Waals surface area contributed by atoms with Crippen molar-refractivity contribution in [3.63, 3.8) is 0 Å². The quantitative estimate of drug-likeness (QED) is 0.461. The fraction of sp³-hybridized carbons (Fsp3) is 0.826. The smallest absolute Gasteiger partial charge is 0.306 e. The van der Waals surface area contributed by atoms with Crippen molar-refractivity contribution >= 4 is 11.9 Å². The zero-order valence-electron chi connectivity index (χ0n) is 18.6. The third-order valence-corrected chi connectivity index (χ3v) is 6.14. The highest BCUT2D eigenvalue weighted by Crippen LogP contribution is 2.43. The molecule has 1 fully saturated rings. The van der Waals surface area contributed by atoms with Gasteiger partial charge in [0.15, 0.2) is 0 Å². The van der Waals surface area contributed by atoms with E-state index < -0.39 is 18.0 Å². The topological polar surface area (TPSA) is 115 Å². The molecule has 2 aliphatic rings. The van der Waals surface area contributed by atoms with Gasteiger partial charge in [0.2, 0.25) is 0 Å². The van der Waals surface area contributed by atoms with Crippen LogP contribution >= 0.6 is 0 Å². The molecule has 0 radical (unpaired) electrons. The van der Waals surface area contributed by atoms with E-state index >= 15 is 0 Å². The first kappa shape index (κ1) is 27.6. The molecule has 29 heavy (non-hydrogen) atoms. The summed E-state index contributed by atoms with van der Waals surface area (Å²) in [5.41, 5.74) is 0. The second-order valence-corrected chi connectivity index (χ2v) is 8.34. The molecular formula is C23H42O6. The lowest BCUT2D eigenvalue weighted by Crippen LogP contribution is -2.32. The molecular weight excluding hydrogens is 372 g/mol. The van der Waals surface area contributed by atoms with Gasteiger partial charge in [0.1, 0.15) is 0 Å². The standard InChI is InChI=1S/C13H22.C5H10O4.C5H10O2/c1-3-12-10(2)8-9-11-6-4-5-7-13(11)12;6-2-1-4(7)3-5(8)9;1-3-4(2)5(6)7/h8-13H,3-7H2,1-2H3;4,6-7H,1-3H2,(H,8,9);4H,3H2,1-2H3,(H,6,7). The molecule has 0 aromatic carbocycles. The Kier molecular flexibility index (Phi) is 14.7. The molecule has 170 valence electrons. The lowest BCUT2D eigenvalue weighted by atomic mass is 9.64. The summed E-state index contributed by atoms with van der Waals surface area (Å²) in [5, 5.41) is 33.1. The summed E-state index contributed by atoms with van der Waals surface area (Å²) in [4.78, 5) is 19.8. The van der Waals surface area contributed by atoms with E-state index in [1.807, 2.05) is 6.92 Å². The van der Waals surface area contributed by atoms with Crippen molar-refractivity contribution in [1.29, 1.82) is 0 Å². The SMILES string of the molecule is CCC(C)C(=O)O.CCC1C(C)C=CC2CCCCC21.O=C(O)CC(O)CCO. The van der Waals surface area contributed by atoms with Gasteiger partial charge in [0.05, 0.1) is 18.4 Å². The highest BCUT2D eigenvalue weighted by Gasteiger charge is 2.34. The van der Waals surface area contributed by atoms with Crippen molar-refractivity contribution in [2.24, 2.45) is 29.6 Å². The van der Waals surface area contributed by atoms with Gasteiger partial charge in [-0.25, -0.2) is 0 Å². The first-order chi connectivity index (χ1) is 13.7. The van der Waals surface area contributed by atoms with E-state index in [0.717, 1.165) is 30.1 Å². The average Bonchev–Trinajstić information content (AvgIpc) is 2.67. The number of carbonyl (C=O) groups is 2. The van der Waals surface area contributed by atoms with Gasteiger partial charge in [-0.3, -0.25) is 9.59 Å². The Morgan fingerprint density at radius 2 is 1.72 bits per heavy atom. The van der Waals surface area contributed by atoms with Gasteiger partial charge >= 0.3 is 11.9 Å². The van der Waals surface area contributed by atoms with Crippen LogP contribution in [-0.2, 0) is 9.59 Å². The molecule has 1 saturated carbocycles. The molecule has 0 saturated heterocycles. The van der Waals surface area contributed by atoms with Gasteiger partial charge in [-0.2, -0.15) is 0 Å². The second-order valence-electron chi connectivity index (χ2n) is 8.34. The van der Waals surface area contributed by atoms with E-state index in [0.29, 0.717) is 0 Å². The van der Waals surface area contributed by atoms with Crippen LogP contribution in [0.5, 0.6) is 0 Å². The zero-order chi connectivity index (χ0) is 22.4. The number of carboxylic acid groups (broad SMARTS) is 2. The number of carboxylic acids is 2. The summed E-state index contributed by atoms with van der Waals surface area (Å²) in [6.07, 6.45) is 11.9.